The monoisotopic (exact) mass is 323 g/mol. The zero-order valence-corrected chi connectivity index (χ0v) is 13.1. The van der Waals surface area contributed by atoms with Crippen molar-refractivity contribution in [1.82, 2.24) is 0 Å². The molecule has 0 aliphatic carbocycles. The number of benzene rings is 1. The summed E-state index contributed by atoms with van der Waals surface area (Å²) in [5.74, 6) is -0.644. The van der Waals surface area contributed by atoms with E-state index >= 15 is 0 Å². The molecule has 0 aliphatic heterocycles. The molecule has 0 spiro atoms. The van der Waals surface area contributed by atoms with E-state index in [2.05, 4.69) is 0 Å². The molecule has 22 heavy (non-hydrogen) atoms. The predicted octanol–water partition coefficient (Wildman–Crippen LogP) is -0.783. The summed E-state index contributed by atoms with van der Waals surface area (Å²) in [7, 11) is 0. The van der Waals surface area contributed by atoms with Gasteiger partial charge in [0, 0.05) is 19.9 Å². The van der Waals surface area contributed by atoms with Crippen LogP contribution in [0.2, 0.25) is 0 Å². The van der Waals surface area contributed by atoms with Crippen molar-refractivity contribution < 1.29 is 36.7 Å². The molecular formula is C16H18ClNO4. The highest BCUT2D eigenvalue weighted by molar-refractivity contribution is 5.69. The molecule has 0 radical (unpaired) electrons. The summed E-state index contributed by atoms with van der Waals surface area (Å²) in [5.41, 5.74) is 1.54. The van der Waals surface area contributed by atoms with Crippen LogP contribution in [0.4, 0.5) is 0 Å². The number of aliphatic carboxylic acids is 1. The molecule has 1 heterocycles. The Morgan fingerprint density at radius 1 is 1.27 bits per heavy atom. The minimum atomic E-state index is -0.942. The summed E-state index contributed by atoms with van der Waals surface area (Å²) in [5, 5.41) is 19.0. The number of carboxylic acids is 1. The number of nitrogens with zero attached hydrogens (tertiary/aromatic N) is 1. The van der Waals surface area contributed by atoms with Crippen molar-refractivity contribution in [2.45, 2.75) is 26.5 Å². The van der Waals surface area contributed by atoms with Crippen LogP contribution in [-0.4, -0.2) is 16.2 Å². The molecule has 0 fully saturated rings. The molecule has 2 N–H and O–H groups in total. The highest BCUT2D eigenvalue weighted by Crippen LogP contribution is 2.28. The first-order chi connectivity index (χ1) is 10.0. The summed E-state index contributed by atoms with van der Waals surface area (Å²) in [4.78, 5) is 11.1. The van der Waals surface area contributed by atoms with E-state index in [1.807, 2.05) is 30.3 Å². The Labute approximate surface area is 135 Å². The van der Waals surface area contributed by atoms with Crippen molar-refractivity contribution in [2.75, 3.05) is 0 Å². The maximum absolute atomic E-state index is 11.1. The van der Waals surface area contributed by atoms with Crippen LogP contribution in [0, 0.1) is 6.92 Å². The van der Waals surface area contributed by atoms with Crippen LogP contribution in [-0.2, 0) is 11.4 Å². The lowest BCUT2D eigenvalue weighted by Gasteiger charge is -2.12. The molecule has 1 unspecified atom stereocenters. The number of hydrogen-bond acceptors (Lipinski definition) is 3. The average molecular weight is 324 g/mol. The van der Waals surface area contributed by atoms with Gasteiger partial charge in [0.05, 0.1) is 0 Å². The number of hydrogen-bond donors (Lipinski definition) is 2. The van der Waals surface area contributed by atoms with Crippen molar-refractivity contribution >= 4 is 5.97 Å². The molecule has 0 saturated carbocycles. The van der Waals surface area contributed by atoms with Gasteiger partial charge in [-0.25, -0.2) is 4.79 Å². The average Bonchev–Trinajstić information content (AvgIpc) is 2.47. The van der Waals surface area contributed by atoms with Gasteiger partial charge in [0.1, 0.15) is 6.61 Å². The van der Waals surface area contributed by atoms with Gasteiger partial charge in [-0.05, 0) is 5.56 Å². The molecule has 6 heteroatoms. The number of halogens is 1. The van der Waals surface area contributed by atoms with E-state index < -0.39 is 12.0 Å². The molecule has 0 aliphatic rings. The second-order valence-corrected chi connectivity index (χ2v) is 4.81. The first kappa shape index (κ1) is 17.8. The predicted molar refractivity (Wildman–Crippen MR) is 76.2 cm³/mol. The number of ether oxygens (including phenoxy) is 1. The van der Waals surface area contributed by atoms with Gasteiger partial charge in [-0.1, -0.05) is 30.3 Å². The van der Waals surface area contributed by atoms with Gasteiger partial charge in [-0.15, -0.1) is 0 Å². The van der Waals surface area contributed by atoms with E-state index in [-0.39, 0.29) is 18.2 Å². The Hall–Kier alpha value is -2.27. The van der Waals surface area contributed by atoms with Gasteiger partial charge in [0.2, 0.25) is 11.4 Å². The Morgan fingerprint density at radius 2 is 1.91 bits per heavy atom. The zero-order chi connectivity index (χ0) is 15.4. The third-order valence-corrected chi connectivity index (χ3v) is 3.34. The van der Waals surface area contributed by atoms with Crippen LogP contribution in [0.5, 0.6) is 11.5 Å². The summed E-state index contributed by atoms with van der Waals surface area (Å²) in [6, 6.07) is 10.3. The van der Waals surface area contributed by atoms with Crippen LogP contribution >= 0.6 is 0 Å². The highest BCUT2D eigenvalue weighted by atomic mass is 35.5. The minimum Gasteiger partial charge on any atom is -1.00 e. The van der Waals surface area contributed by atoms with E-state index in [9.17, 15) is 9.90 Å². The van der Waals surface area contributed by atoms with Gasteiger partial charge < -0.3 is 27.4 Å². The van der Waals surface area contributed by atoms with E-state index in [1.165, 1.54) is 6.07 Å². The van der Waals surface area contributed by atoms with Crippen LogP contribution in [0.25, 0.3) is 0 Å². The fraction of sp³-hybridized carbons (Fsp3) is 0.250. The Morgan fingerprint density at radius 3 is 2.50 bits per heavy atom. The fourth-order valence-corrected chi connectivity index (χ4v) is 2.09. The first-order valence-electron chi connectivity index (χ1n) is 6.64. The lowest BCUT2D eigenvalue weighted by atomic mass is 10.2. The topological polar surface area (TPSA) is 70.6 Å². The van der Waals surface area contributed by atoms with Crippen molar-refractivity contribution in [1.29, 1.82) is 0 Å². The van der Waals surface area contributed by atoms with Gasteiger partial charge >= 0.3 is 5.97 Å². The number of aromatic nitrogens is 1. The maximum Gasteiger partial charge on any atom is 0.373 e. The van der Waals surface area contributed by atoms with Crippen LogP contribution in [0.3, 0.4) is 0 Å². The number of carboxylic acid groups (broad SMARTS) is 1. The fourth-order valence-electron chi connectivity index (χ4n) is 2.09. The zero-order valence-electron chi connectivity index (χ0n) is 12.4. The van der Waals surface area contributed by atoms with Crippen LogP contribution in [0.15, 0.2) is 42.6 Å². The highest BCUT2D eigenvalue weighted by Gasteiger charge is 2.27. The molecule has 2 rings (SSSR count). The number of aromatic hydroxyl groups is 1. The SMILES string of the molecule is Cc1c(OCc2ccccc2)c(O)cc[n+]1C(C)C(=O)O.[Cl-]. The van der Waals surface area contributed by atoms with Gasteiger partial charge in [-0.2, -0.15) is 4.57 Å². The molecule has 1 aromatic carbocycles. The molecule has 1 atom stereocenters. The summed E-state index contributed by atoms with van der Waals surface area (Å²) in [6.07, 6.45) is 1.54. The molecule has 0 amide bonds. The number of rotatable bonds is 5. The number of carbonyl (C=O) groups is 1. The van der Waals surface area contributed by atoms with E-state index in [1.54, 1.807) is 24.6 Å². The van der Waals surface area contributed by atoms with Crippen LogP contribution < -0.4 is 21.7 Å². The van der Waals surface area contributed by atoms with Crippen molar-refractivity contribution in [2.24, 2.45) is 0 Å². The van der Waals surface area contributed by atoms with Gasteiger partial charge in [0.25, 0.3) is 6.04 Å². The van der Waals surface area contributed by atoms with Crippen molar-refractivity contribution in [3.05, 3.63) is 53.9 Å². The molecule has 0 bridgehead atoms. The minimum absolute atomic E-state index is 0. The summed E-state index contributed by atoms with van der Waals surface area (Å²) >= 11 is 0. The molecule has 0 saturated heterocycles. The Kier molecular flexibility index (Phi) is 6.19. The molecule has 1 aromatic heterocycles. The molecule has 5 nitrogen and oxygen atoms in total. The van der Waals surface area contributed by atoms with E-state index in [0.29, 0.717) is 18.1 Å². The Balaban J connectivity index is 0.00000242. The van der Waals surface area contributed by atoms with Crippen molar-refractivity contribution in [3.63, 3.8) is 0 Å². The van der Waals surface area contributed by atoms with E-state index in [0.717, 1.165) is 5.56 Å². The molecule has 2 aromatic rings. The summed E-state index contributed by atoms with van der Waals surface area (Å²) in [6.45, 7) is 3.60. The van der Waals surface area contributed by atoms with Crippen LogP contribution in [0.1, 0.15) is 24.2 Å². The standard InChI is InChI=1S/C16H17NO4.ClH/c1-11-15(21-10-13-6-4-3-5-7-13)14(18)8-9-17(11)12(2)16(19)20;/h3-9,12H,10H2,1-2H3,(H,19,20);1H. The number of pyridine rings is 1. The second-order valence-electron chi connectivity index (χ2n) is 4.81. The Bertz CT molecular complexity index is 646. The quantitative estimate of drug-likeness (QED) is 0.708. The maximum atomic E-state index is 11.1. The third-order valence-electron chi connectivity index (χ3n) is 3.34. The van der Waals surface area contributed by atoms with E-state index in [4.69, 9.17) is 9.84 Å². The van der Waals surface area contributed by atoms with Crippen molar-refractivity contribution in [3.8, 4) is 11.5 Å². The largest absolute Gasteiger partial charge is 1.00 e. The lowest BCUT2D eigenvalue weighted by Crippen LogP contribution is -3.00. The first-order valence-corrected chi connectivity index (χ1v) is 6.64. The molecule has 118 valence electrons. The normalized spacial score (nSPS) is 11.4. The summed E-state index contributed by atoms with van der Waals surface area (Å²) < 4.78 is 7.22. The smallest absolute Gasteiger partial charge is 0.373 e. The third kappa shape index (κ3) is 3.89. The second kappa shape index (κ2) is 7.66. The molecular weight excluding hydrogens is 306 g/mol. The lowest BCUT2D eigenvalue weighted by molar-refractivity contribution is -0.713. The van der Waals surface area contributed by atoms with Gasteiger partial charge in [0.15, 0.2) is 11.9 Å². The van der Waals surface area contributed by atoms with Gasteiger partial charge in [-0.3, -0.25) is 0 Å².